The Morgan fingerprint density at radius 3 is 2.43 bits per heavy atom. The first-order valence-corrected chi connectivity index (χ1v) is 10.2. The SMILES string of the molecule is CCC(c1ccc[nH]1)c1cc(C(=O)O)cc(S(N)(=O)=O)c1Oc1ccccc1. The topological polar surface area (TPSA) is 122 Å². The molecule has 0 aliphatic heterocycles. The maximum Gasteiger partial charge on any atom is 0.335 e. The highest BCUT2D eigenvalue weighted by atomic mass is 32.2. The first-order chi connectivity index (χ1) is 13.3. The van der Waals surface area contributed by atoms with Crippen molar-refractivity contribution in [1.29, 1.82) is 0 Å². The first kappa shape index (κ1) is 19.7. The van der Waals surface area contributed by atoms with Gasteiger partial charge in [0.1, 0.15) is 10.6 Å². The zero-order chi connectivity index (χ0) is 20.3. The minimum Gasteiger partial charge on any atom is -0.478 e. The van der Waals surface area contributed by atoms with E-state index < -0.39 is 16.0 Å². The van der Waals surface area contributed by atoms with Gasteiger partial charge in [0.2, 0.25) is 10.0 Å². The molecule has 0 fully saturated rings. The van der Waals surface area contributed by atoms with E-state index in [1.165, 1.54) is 6.07 Å². The molecule has 146 valence electrons. The number of primary sulfonamides is 1. The second kappa shape index (κ2) is 7.87. The van der Waals surface area contributed by atoms with Crippen LogP contribution in [0.25, 0.3) is 0 Å². The predicted molar refractivity (Wildman–Crippen MR) is 104 cm³/mol. The molecular formula is C20H20N2O5S. The van der Waals surface area contributed by atoms with Crippen molar-refractivity contribution in [3.05, 3.63) is 77.6 Å². The van der Waals surface area contributed by atoms with Gasteiger partial charge in [0.05, 0.1) is 5.56 Å². The Hall–Kier alpha value is -3.10. The van der Waals surface area contributed by atoms with Gasteiger partial charge in [0.25, 0.3) is 0 Å². The maximum atomic E-state index is 12.3. The van der Waals surface area contributed by atoms with Gasteiger partial charge in [0.15, 0.2) is 5.75 Å². The number of sulfonamides is 1. The molecule has 0 aliphatic rings. The molecular weight excluding hydrogens is 380 g/mol. The Balaban J connectivity index is 2.30. The third-order valence-corrected chi connectivity index (χ3v) is 5.30. The van der Waals surface area contributed by atoms with Crippen molar-refractivity contribution in [2.45, 2.75) is 24.2 Å². The smallest absolute Gasteiger partial charge is 0.335 e. The van der Waals surface area contributed by atoms with Crippen LogP contribution in [0, 0.1) is 0 Å². The third-order valence-electron chi connectivity index (χ3n) is 4.38. The van der Waals surface area contributed by atoms with Crippen molar-refractivity contribution >= 4 is 16.0 Å². The van der Waals surface area contributed by atoms with Crippen LogP contribution in [-0.2, 0) is 10.0 Å². The number of H-pyrrole nitrogens is 1. The highest BCUT2D eigenvalue weighted by Gasteiger charge is 2.27. The van der Waals surface area contributed by atoms with E-state index in [-0.39, 0.29) is 22.1 Å². The van der Waals surface area contributed by atoms with Crippen LogP contribution in [0.3, 0.4) is 0 Å². The molecule has 7 nitrogen and oxygen atoms in total. The number of hydrogen-bond acceptors (Lipinski definition) is 4. The number of aromatic nitrogens is 1. The van der Waals surface area contributed by atoms with Gasteiger partial charge in [0, 0.05) is 23.4 Å². The number of para-hydroxylation sites is 1. The summed E-state index contributed by atoms with van der Waals surface area (Å²) >= 11 is 0. The highest BCUT2D eigenvalue weighted by molar-refractivity contribution is 7.89. The fourth-order valence-electron chi connectivity index (χ4n) is 3.10. The molecule has 1 atom stereocenters. The normalized spacial score (nSPS) is 12.5. The Labute approximate surface area is 162 Å². The van der Waals surface area contributed by atoms with Crippen molar-refractivity contribution in [3.8, 4) is 11.5 Å². The predicted octanol–water partition coefficient (Wildman–Crippen LogP) is 3.69. The number of aromatic carboxylic acids is 1. The van der Waals surface area contributed by atoms with Gasteiger partial charge >= 0.3 is 5.97 Å². The Morgan fingerprint density at radius 1 is 1.18 bits per heavy atom. The lowest BCUT2D eigenvalue weighted by Crippen LogP contribution is -2.17. The van der Waals surface area contributed by atoms with Gasteiger partial charge in [-0.3, -0.25) is 0 Å². The summed E-state index contributed by atoms with van der Waals surface area (Å²) < 4.78 is 30.4. The summed E-state index contributed by atoms with van der Waals surface area (Å²) in [6.45, 7) is 1.92. The van der Waals surface area contributed by atoms with Crippen LogP contribution >= 0.6 is 0 Å². The summed E-state index contributed by atoms with van der Waals surface area (Å²) in [6, 6.07) is 14.8. The standard InChI is InChI=1S/C20H20N2O5S/c1-2-15(17-9-6-10-22-17)16-11-13(20(23)24)12-18(28(21,25)26)19(16)27-14-7-4-3-5-8-14/h3-12,15,22H,2H2,1H3,(H,23,24)(H2,21,25,26). The molecule has 0 saturated carbocycles. The second-order valence-corrected chi connectivity index (χ2v) is 7.77. The highest BCUT2D eigenvalue weighted by Crippen LogP contribution is 2.40. The van der Waals surface area contributed by atoms with Crippen LogP contribution in [0.15, 0.2) is 65.7 Å². The fourth-order valence-corrected chi connectivity index (χ4v) is 3.81. The number of aromatic amines is 1. The molecule has 4 N–H and O–H groups in total. The summed E-state index contributed by atoms with van der Waals surface area (Å²) in [4.78, 5) is 14.4. The van der Waals surface area contributed by atoms with Crippen molar-refractivity contribution in [3.63, 3.8) is 0 Å². The van der Waals surface area contributed by atoms with Crippen LogP contribution in [0.4, 0.5) is 0 Å². The lowest BCUT2D eigenvalue weighted by Gasteiger charge is -2.21. The minimum absolute atomic E-state index is 0.0279. The molecule has 2 aromatic carbocycles. The molecule has 1 aromatic heterocycles. The number of carbonyl (C=O) groups is 1. The number of rotatable bonds is 7. The molecule has 0 amide bonds. The van der Waals surface area contributed by atoms with E-state index in [1.54, 1.807) is 36.5 Å². The van der Waals surface area contributed by atoms with Crippen molar-refractivity contribution < 1.29 is 23.1 Å². The van der Waals surface area contributed by atoms with Crippen LogP contribution < -0.4 is 9.88 Å². The summed E-state index contributed by atoms with van der Waals surface area (Å²) in [5.41, 5.74) is 1.06. The largest absolute Gasteiger partial charge is 0.478 e. The maximum absolute atomic E-state index is 12.3. The average Bonchev–Trinajstić information content (AvgIpc) is 3.17. The average molecular weight is 400 g/mol. The molecule has 0 bridgehead atoms. The molecule has 3 aromatic rings. The molecule has 0 radical (unpaired) electrons. The molecule has 28 heavy (non-hydrogen) atoms. The van der Waals surface area contributed by atoms with Gasteiger partial charge < -0.3 is 14.8 Å². The van der Waals surface area contributed by atoms with Gasteiger partial charge in [-0.1, -0.05) is 25.1 Å². The molecule has 1 heterocycles. The van der Waals surface area contributed by atoms with Crippen LogP contribution in [0.5, 0.6) is 11.5 Å². The van der Waals surface area contributed by atoms with Gasteiger partial charge in [-0.2, -0.15) is 0 Å². The lowest BCUT2D eigenvalue weighted by molar-refractivity contribution is 0.0696. The second-order valence-electron chi connectivity index (χ2n) is 6.24. The Bertz CT molecular complexity index is 1080. The molecule has 0 spiro atoms. The molecule has 0 saturated heterocycles. The molecule has 0 aliphatic carbocycles. The first-order valence-electron chi connectivity index (χ1n) is 8.61. The number of carboxylic acids is 1. The summed E-state index contributed by atoms with van der Waals surface area (Å²) in [7, 11) is -4.24. The quantitative estimate of drug-likeness (QED) is 0.558. The fraction of sp³-hybridized carbons (Fsp3) is 0.150. The van der Waals surface area contributed by atoms with Crippen molar-refractivity contribution in [1.82, 2.24) is 4.98 Å². The van der Waals surface area contributed by atoms with E-state index in [1.807, 2.05) is 19.1 Å². The van der Waals surface area contributed by atoms with E-state index in [9.17, 15) is 18.3 Å². The van der Waals surface area contributed by atoms with Crippen LogP contribution in [0.1, 0.15) is 40.9 Å². The Morgan fingerprint density at radius 2 is 1.89 bits per heavy atom. The van der Waals surface area contributed by atoms with E-state index in [2.05, 4.69) is 4.98 Å². The van der Waals surface area contributed by atoms with Crippen LogP contribution in [-0.4, -0.2) is 24.5 Å². The molecule has 1 unspecified atom stereocenters. The third kappa shape index (κ3) is 4.08. The van der Waals surface area contributed by atoms with E-state index in [0.717, 1.165) is 11.8 Å². The number of carboxylic acid groups (broad SMARTS) is 1. The van der Waals surface area contributed by atoms with Crippen molar-refractivity contribution in [2.75, 3.05) is 0 Å². The molecule has 8 heteroatoms. The number of nitrogens with one attached hydrogen (secondary N) is 1. The van der Waals surface area contributed by atoms with Gasteiger partial charge in [-0.25, -0.2) is 18.4 Å². The van der Waals surface area contributed by atoms with Gasteiger partial charge in [-0.15, -0.1) is 0 Å². The van der Waals surface area contributed by atoms with E-state index >= 15 is 0 Å². The lowest BCUT2D eigenvalue weighted by atomic mass is 9.91. The monoisotopic (exact) mass is 400 g/mol. The zero-order valence-corrected chi connectivity index (χ0v) is 15.9. The summed E-state index contributed by atoms with van der Waals surface area (Å²) in [5, 5.41) is 14.9. The number of nitrogens with two attached hydrogens (primary N) is 1. The molecule has 3 rings (SSSR count). The van der Waals surface area contributed by atoms with E-state index in [0.29, 0.717) is 17.7 Å². The van der Waals surface area contributed by atoms with E-state index in [4.69, 9.17) is 9.88 Å². The number of benzene rings is 2. The van der Waals surface area contributed by atoms with Crippen molar-refractivity contribution in [2.24, 2.45) is 5.14 Å². The Kier molecular flexibility index (Phi) is 5.53. The minimum atomic E-state index is -4.24. The number of hydrogen-bond donors (Lipinski definition) is 3. The summed E-state index contributed by atoms with van der Waals surface area (Å²) in [5.74, 6) is -1.12. The van der Waals surface area contributed by atoms with Gasteiger partial charge in [-0.05, 0) is 42.8 Å². The zero-order valence-electron chi connectivity index (χ0n) is 15.1. The number of ether oxygens (including phenoxy) is 1. The summed E-state index contributed by atoms with van der Waals surface area (Å²) in [6.07, 6.45) is 2.33. The van der Waals surface area contributed by atoms with Crippen LogP contribution in [0.2, 0.25) is 0 Å².